The van der Waals surface area contributed by atoms with Crippen molar-refractivity contribution in [3.63, 3.8) is 0 Å². The van der Waals surface area contributed by atoms with Crippen LogP contribution in [0.15, 0.2) is 30.3 Å². The average Bonchev–Trinajstić information content (AvgIpc) is 2.35. The SMILES string of the molecule is CCOC(CCc1ccccc1)NC(=O)OC(C)(C)C. The molecule has 0 radical (unpaired) electrons. The molecule has 0 aromatic heterocycles. The van der Waals surface area contributed by atoms with Gasteiger partial charge in [0.1, 0.15) is 11.8 Å². The Kier molecular flexibility index (Phi) is 6.52. The number of rotatable bonds is 6. The third-order valence-electron chi connectivity index (χ3n) is 2.58. The van der Waals surface area contributed by atoms with Crippen molar-refractivity contribution in [2.75, 3.05) is 6.61 Å². The number of carbonyl (C=O) groups is 1. The van der Waals surface area contributed by atoms with Crippen LogP contribution in [0.1, 0.15) is 39.7 Å². The molecule has 0 bridgehead atoms. The predicted molar refractivity (Wildman–Crippen MR) is 79.5 cm³/mol. The fourth-order valence-electron chi connectivity index (χ4n) is 1.78. The molecule has 1 aromatic carbocycles. The van der Waals surface area contributed by atoms with E-state index in [-0.39, 0.29) is 6.23 Å². The quantitative estimate of drug-likeness (QED) is 0.811. The van der Waals surface area contributed by atoms with Gasteiger partial charge in [0.05, 0.1) is 0 Å². The molecule has 1 unspecified atom stereocenters. The van der Waals surface area contributed by atoms with Crippen LogP contribution in [0.25, 0.3) is 0 Å². The third kappa shape index (κ3) is 7.14. The zero-order valence-corrected chi connectivity index (χ0v) is 12.8. The van der Waals surface area contributed by atoms with Crippen molar-refractivity contribution in [3.8, 4) is 0 Å². The summed E-state index contributed by atoms with van der Waals surface area (Å²) < 4.78 is 10.8. The van der Waals surface area contributed by atoms with Crippen LogP contribution >= 0.6 is 0 Å². The van der Waals surface area contributed by atoms with E-state index >= 15 is 0 Å². The predicted octanol–water partition coefficient (Wildman–Crippen LogP) is 3.51. The minimum Gasteiger partial charge on any atom is -0.444 e. The summed E-state index contributed by atoms with van der Waals surface area (Å²) >= 11 is 0. The van der Waals surface area contributed by atoms with Gasteiger partial charge in [-0.05, 0) is 46.1 Å². The maximum atomic E-state index is 11.7. The highest BCUT2D eigenvalue weighted by Gasteiger charge is 2.19. The van der Waals surface area contributed by atoms with Gasteiger partial charge in [-0.25, -0.2) is 4.79 Å². The largest absolute Gasteiger partial charge is 0.444 e. The van der Waals surface area contributed by atoms with Gasteiger partial charge in [0.15, 0.2) is 0 Å². The van der Waals surface area contributed by atoms with Gasteiger partial charge < -0.3 is 9.47 Å². The van der Waals surface area contributed by atoms with E-state index in [1.54, 1.807) is 0 Å². The molecule has 0 fully saturated rings. The van der Waals surface area contributed by atoms with Crippen molar-refractivity contribution in [1.29, 1.82) is 0 Å². The lowest BCUT2D eigenvalue weighted by Gasteiger charge is -2.23. The number of hydrogen-bond acceptors (Lipinski definition) is 3. The summed E-state index contributed by atoms with van der Waals surface area (Å²) in [5.41, 5.74) is 0.725. The van der Waals surface area contributed by atoms with Crippen molar-refractivity contribution in [1.82, 2.24) is 5.32 Å². The lowest BCUT2D eigenvalue weighted by atomic mass is 10.1. The normalized spacial score (nSPS) is 12.8. The molecule has 4 nitrogen and oxygen atoms in total. The number of carbonyl (C=O) groups excluding carboxylic acids is 1. The van der Waals surface area contributed by atoms with Crippen LogP contribution in [0.5, 0.6) is 0 Å². The number of hydrogen-bond donors (Lipinski definition) is 1. The smallest absolute Gasteiger partial charge is 0.409 e. The first-order valence-electron chi connectivity index (χ1n) is 7.06. The first-order chi connectivity index (χ1) is 9.40. The molecule has 1 rings (SSSR count). The van der Waals surface area contributed by atoms with Crippen LogP contribution in [-0.4, -0.2) is 24.5 Å². The Balaban J connectivity index is 2.46. The number of benzene rings is 1. The lowest BCUT2D eigenvalue weighted by molar-refractivity contribution is 0.00719. The second-order valence-electron chi connectivity index (χ2n) is 5.61. The molecule has 1 aromatic rings. The molecule has 0 aliphatic carbocycles. The maximum absolute atomic E-state index is 11.7. The molecule has 1 N–H and O–H groups in total. The molecule has 0 spiro atoms. The number of ether oxygens (including phenoxy) is 2. The van der Waals surface area contributed by atoms with Crippen LogP contribution in [0, 0.1) is 0 Å². The molecule has 1 amide bonds. The average molecular weight is 279 g/mol. The van der Waals surface area contributed by atoms with E-state index in [0.29, 0.717) is 6.61 Å². The number of nitrogens with one attached hydrogen (secondary N) is 1. The Labute approximate surface area is 121 Å². The minimum atomic E-state index is -0.500. The molecule has 20 heavy (non-hydrogen) atoms. The zero-order valence-electron chi connectivity index (χ0n) is 12.8. The second kappa shape index (κ2) is 7.90. The summed E-state index contributed by atoms with van der Waals surface area (Å²) in [5.74, 6) is 0. The van der Waals surface area contributed by atoms with E-state index in [1.807, 2.05) is 45.9 Å². The van der Waals surface area contributed by atoms with Crippen LogP contribution in [0.3, 0.4) is 0 Å². The topological polar surface area (TPSA) is 47.6 Å². The van der Waals surface area contributed by atoms with Crippen LogP contribution in [-0.2, 0) is 15.9 Å². The third-order valence-corrected chi connectivity index (χ3v) is 2.58. The summed E-state index contributed by atoms with van der Waals surface area (Å²) in [7, 11) is 0. The molecule has 4 heteroatoms. The van der Waals surface area contributed by atoms with Gasteiger partial charge in [0.2, 0.25) is 0 Å². The van der Waals surface area contributed by atoms with Crippen molar-refractivity contribution in [2.45, 2.75) is 52.4 Å². The molecular weight excluding hydrogens is 254 g/mol. The fourth-order valence-corrected chi connectivity index (χ4v) is 1.78. The second-order valence-corrected chi connectivity index (χ2v) is 5.61. The van der Waals surface area contributed by atoms with Crippen molar-refractivity contribution >= 4 is 6.09 Å². The number of amides is 1. The highest BCUT2D eigenvalue weighted by Crippen LogP contribution is 2.09. The summed E-state index contributed by atoms with van der Waals surface area (Å²) in [6, 6.07) is 10.1. The van der Waals surface area contributed by atoms with Crippen molar-refractivity contribution < 1.29 is 14.3 Å². The zero-order chi connectivity index (χ0) is 15.0. The number of alkyl carbamates (subject to hydrolysis) is 1. The van der Waals surface area contributed by atoms with Gasteiger partial charge in [-0.2, -0.15) is 0 Å². The van der Waals surface area contributed by atoms with Gasteiger partial charge in [-0.3, -0.25) is 5.32 Å². The Hall–Kier alpha value is -1.55. The Morgan fingerprint density at radius 1 is 1.25 bits per heavy atom. The fraction of sp³-hybridized carbons (Fsp3) is 0.562. The lowest BCUT2D eigenvalue weighted by Crippen LogP contribution is -2.40. The molecule has 0 aliphatic heterocycles. The molecule has 0 saturated heterocycles. The summed E-state index contributed by atoms with van der Waals surface area (Å²) in [5, 5.41) is 2.76. The Bertz CT molecular complexity index is 398. The highest BCUT2D eigenvalue weighted by molar-refractivity contribution is 5.67. The van der Waals surface area contributed by atoms with Crippen LogP contribution in [0.2, 0.25) is 0 Å². The van der Waals surface area contributed by atoms with Gasteiger partial charge in [0, 0.05) is 6.61 Å². The number of aryl methyl sites for hydroxylation is 1. The summed E-state index contributed by atoms with van der Waals surface area (Å²) in [4.78, 5) is 11.7. The molecule has 112 valence electrons. The van der Waals surface area contributed by atoms with E-state index in [4.69, 9.17) is 9.47 Å². The molecule has 0 heterocycles. The summed E-state index contributed by atoms with van der Waals surface area (Å²) in [6.45, 7) is 7.98. The first kappa shape index (κ1) is 16.5. The standard InChI is InChI=1S/C16H25NO3/c1-5-19-14(17-15(18)20-16(2,3)4)12-11-13-9-7-6-8-10-13/h6-10,14H,5,11-12H2,1-4H3,(H,17,18). The van der Waals surface area contributed by atoms with Crippen LogP contribution < -0.4 is 5.32 Å². The van der Waals surface area contributed by atoms with E-state index in [0.717, 1.165) is 12.8 Å². The van der Waals surface area contributed by atoms with Crippen molar-refractivity contribution in [3.05, 3.63) is 35.9 Å². The first-order valence-corrected chi connectivity index (χ1v) is 7.06. The molecule has 0 saturated carbocycles. The monoisotopic (exact) mass is 279 g/mol. The minimum absolute atomic E-state index is 0.324. The van der Waals surface area contributed by atoms with Crippen molar-refractivity contribution in [2.24, 2.45) is 0 Å². The van der Waals surface area contributed by atoms with Gasteiger partial charge in [-0.1, -0.05) is 30.3 Å². The van der Waals surface area contributed by atoms with Gasteiger partial charge >= 0.3 is 6.09 Å². The van der Waals surface area contributed by atoms with E-state index in [2.05, 4.69) is 17.4 Å². The van der Waals surface area contributed by atoms with E-state index in [1.165, 1.54) is 5.56 Å². The summed E-state index contributed by atoms with van der Waals surface area (Å²) in [6.07, 6.45) is 0.803. The Morgan fingerprint density at radius 3 is 2.45 bits per heavy atom. The Morgan fingerprint density at radius 2 is 1.90 bits per heavy atom. The van der Waals surface area contributed by atoms with Gasteiger partial charge in [0.25, 0.3) is 0 Å². The molecular formula is C16H25NO3. The molecule has 0 aliphatic rings. The van der Waals surface area contributed by atoms with Crippen LogP contribution in [0.4, 0.5) is 4.79 Å². The van der Waals surface area contributed by atoms with E-state index < -0.39 is 11.7 Å². The highest BCUT2D eigenvalue weighted by atomic mass is 16.6. The maximum Gasteiger partial charge on any atom is 0.409 e. The molecule has 1 atom stereocenters. The van der Waals surface area contributed by atoms with Gasteiger partial charge in [-0.15, -0.1) is 0 Å². The van der Waals surface area contributed by atoms with E-state index in [9.17, 15) is 4.79 Å².